The van der Waals surface area contributed by atoms with Crippen molar-refractivity contribution in [1.29, 1.82) is 0 Å². The van der Waals surface area contributed by atoms with Gasteiger partial charge in [0.05, 0.1) is 6.61 Å². The van der Waals surface area contributed by atoms with Gasteiger partial charge in [0.15, 0.2) is 0 Å². The van der Waals surface area contributed by atoms with Crippen molar-refractivity contribution in [3.63, 3.8) is 0 Å². The van der Waals surface area contributed by atoms with E-state index in [1.165, 1.54) is 40.7 Å². The first-order valence-electron chi connectivity index (χ1n) is 14.8. The van der Waals surface area contributed by atoms with E-state index in [0.29, 0.717) is 0 Å². The quantitative estimate of drug-likeness (QED) is 0.205. The topological polar surface area (TPSA) is 23.5 Å². The zero-order chi connectivity index (χ0) is 27.0. The summed E-state index contributed by atoms with van der Waals surface area (Å²) in [5, 5.41) is 10.5. The lowest BCUT2D eigenvalue weighted by molar-refractivity contribution is 0.0983. The van der Waals surface area contributed by atoms with Crippen molar-refractivity contribution in [1.82, 2.24) is 4.90 Å². The summed E-state index contributed by atoms with van der Waals surface area (Å²) in [7, 11) is 0. The lowest BCUT2D eigenvalue weighted by atomic mass is 9.65. The summed E-state index contributed by atoms with van der Waals surface area (Å²) in [5.41, 5.74) is 6.58. The number of unbranched alkanes of at least 4 members (excludes halogenated alkanes) is 1. The number of piperidine rings is 1. The Labute approximate surface area is 235 Å². The molecule has 1 fully saturated rings. The first kappa shape index (κ1) is 27.4. The normalized spacial score (nSPS) is 15.7. The van der Waals surface area contributed by atoms with E-state index < -0.39 is 0 Å². The predicted octanol–water partition coefficient (Wildman–Crippen LogP) is 7.78. The van der Waals surface area contributed by atoms with Gasteiger partial charge in [-0.25, -0.2) is 0 Å². The Kier molecular flexibility index (Phi) is 8.96. The van der Waals surface area contributed by atoms with Crippen molar-refractivity contribution < 1.29 is 5.11 Å². The lowest BCUT2D eigenvalue weighted by Gasteiger charge is -2.43. The molecule has 0 atom stereocenters. The number of aliphatic hydroxyl groups excluding tert-OH is 1. The number of aliphatic hydroxyl groups is 1. The monoisotopic (exact) mass is 517 g/mol. The van der Waals surface area contributed by atoms with Crippen molar-refractivity contribution in [2.24, 2.45) is 0 Å². The smallest absolute Gasteiger partial charge is 0.0528 e. The molecule has 5 rings (SSSR count). The van der Waals surface area contributed by atoms with Crippen LogP contribution in [0.2, 0.25) is 0 Å². The maximum atomic E-state index is 10.5. The minimum atomic E-state index is -0.224. The molecule has 1 aliphatic rings. The molecule has 0 aliphatic carbocycles. The fourth-order valence-electron chi connectivity index (χ4n) is 6.73. The number of likely N-dealkylation sites (tertiary alicyclic amines) is 1. The summed E-state index contributed by atoms with van der Waals surface area (Å²) >= 11 is 0. The van der Waals surface area contributed by atoms with Crippen molar-refractivity contribution in [2.75, 3.05) is 26.2 Å². The third-order valence-electron chi connectivity index (χ3n) is 9.12. The molecule has 0 radical (unpaired) electrons. The molecule has 4 aromatic rings. The van der Waals surface area contributed by atoms with E-state index in [2.05, 4.69) is 127 Å². The van der Waals surface area contributed by atoms with Gasteiger partial charge in [-0.15, -0.1) is 0 Å². The van der Waals surface area contributed by atoms with E-state index in [0.717, 1.165) is 45.3 Å². The molecule has 4 aromatic carbocycles. The van der Waals surface area contributed by atoms with Crippen LogP contribution in [0.5, 0.6) is 0 Å². The minimum absolute atomic E-state index is 0.125. The summed E-state index contributed by atoms with van der Waals surface area (Å²) in [6, 6.07) is 42.1. The molecule has 1 aliphatic heterocycles. The molecule has 1 heterocycles. The van der Waals surface area contributed by atoms with Gasteiger partial charge in [-0.3, -0.25) is 0 Å². The van der Waals surface area contributed by atoms with Gasteiger partial charge in [0.1, 0.15) is 0 Å². The number of hydrogen-bond acceptors (Lipinski definition) is 2. The Morgan fingerprint density at radius 3 is 1.82 bits per heavy atom. The van der Waals surface area contributed by atoms with Gasteiger partial charge >= 0.3 is 0 Å². The fourth-order valence-corrected chi connectivity index (χ4v) is 6.73. The molecular formula is C37H43NO. The first-order valence-corrected chi connectivity index (χ1v) is 14.8. The average Bonchev–Trinajstić information content (AvgIpc) is 3.02. The van der Waals surface area contributed by atoms with Gasteiger partial charge in [-0.05, 0) is 79.6 Å². The lowest BCUT2D eigenvalue weighted by Crippen LogP contribution is -2.46. The molecule has 0 amide bonds. The van der Waals surface area contributed by atoms with Gasteiger partial charge in [0, 0.05) is 10.8 Å². The highest BCUT2D eigenvalue weighted by Crippen LogP contribution is 2.45. The number of rotatable bonds is 11. The first-order chi connectivity index (χ1) is 19.2. The van der Waals surface area contributed by atoms with E-state index in [1.54, 1.807) is 0 Å². The van der Waals surface area contributed by atoms with Crippen LogP contribution < -0.4 is 0 Å². The number of nitrogens with zero attached hydrogens (tertiary/aromatic N) is 1. The highest BCUT2D eigenvalue weighted by Gasteiger charge is 2.40. The van der Waals surface area contributed by atoms with Crippen molar-refractivity contribution in [2.45, 2.75) is 56.3 Å². The van der Waals surface area contributed by atoms with Gasteiger partial charge in [-0.1, -0.05) is 129 Å². The molecule has 0 saturated carbocycles. The van der Waals surface area contributed by atoms with Crippen LogP contribution in [0, 0.1) is 0 Å². The van der Waals surface area contributed by atoms with Crippen molar-refractivity contribution >= 4 is 0 Å². The van der Waals surface area contributed by atoms with E-state index in [9.17, 15) is 5.11 Å². The third-order valence-corrected chi connectivity index (χ3v) is 9.12. The molecule has 0 bridgehead atoms. The van der Waals surface area contributed by atoms with Gasteiger partial charge < -0.3 is 10.0 Å². The average molecular weight is 518 g/mol. The van der Waals surface area contributed by atoms with Crippen LogP contribution in [0.1, 0.15) is 66.8 Å². The summed E-state index contributed by atoms with van der Waals surface area (Å²) < 4.78 is 0. The van der Waals surface area contributed by atoms with Crippen molar-refractivity contribution in [3.8, 4) is 0 Å². The van der Waals surface area contributed by atoms with Gasteiger partial charge in [-0.2, -0.15) is 0 Å². The molecule has 0 spiro atoms. The second kappa shape index (κ2) is 12.8. The molecule has 202 valence electrons. The van der Waals surface area contributed by atoms with Crippen LogP contribution in [0.3, 0.4) is 0 Å². The molecule has 0 aromatic heterocycles. The zero-order valence-electron chi connectivity index (χ0n) is 23.4. The van der Waals surface area contributed by atoms with Crippen LogP contribution >= 0.6 is 0 Å². The number of aryl methyl sites for hydroxylation is 1. The zero-order valence-corrected chi connectivity index (χ0v) is 23.4. The molecule has 2 nitrogen and oxygen atoms in total. The standard InChI is InChI=1S/C37H43NO/c1-2-3-15-31-16-13-14-23-35(31)37(33-19-9-5-10-20-33,34-21-11-6-12-22-34)26-29-38-27-24-36(30-39,25-28-38)32-17-7-4-8-18-32/h4-14,16-23,39H,2-3,15,24-30H2,1H3. The maximum absolute atomic E-state index is 10.5. The third kappa shape index (κ3) is 5.73. The largest absolute Gasteiger partial charge is 0.395 e. The molecular weight excluding hydrogens is 474 g/mol. The van der Waals surface area contributed by atoms with E-state index >= 15 is 0 Å². The van der Waals surface area contributed by atoms with E-state index in [4.69, 9.17) is 0 Å². The van der Waals surface area contributed by atoms with Gasteiger partial charge in [0.25, 0.3) is 0 Å². The fraction of sp³-hybridized carbons (Fsp3) is 0.351. The van der Waals surface area contributed by atoms with E-state index in [-0.39, 0.29) is 17.4 Å². The highest BCUT2D eigenvalue weighted by atomic mass is 16.3. The minimum Gasteiger partial charge on any atom is -0.395 e. The summed E-state index contributed by atoms with van der Waals surface area (Å²) in [6.45, 7) is 5.53. The molecule has 0 unspecified atom stereocenters. The summed E-state index contributed by atoms with van der Waals surface area (Å²) in [6.07, 6.45) is 6.50. The van der Waals surface area contributed by atoms with Crippen LogP contribution in [-0.4, -0.2) is 36.2 Å². The van der Waals surface area contributed by atoms with E-state index in [1.807, 2.05) is 0 Å². The Morgan fingerprint density at radius 1 is 0.718 bits per heavy atom. The van der Waals surface area contributed by atoms with Crippen LogP contribution in [0.15, 0.2) is 115 Å². The molecule has 39 heavy (non-hydrogen) atoms. The molecule has 1 saturated heterocycles. The Morgan fingerprint density at radius 2 is 1.26 bits per heavy atom. The van der Waals surface area contributed by atoms with Crippen molar-refractivity contribution in [3.05, 3.63) is 143 Å². The van der Waals surface area contributed by atoms with Crippen LogP contribution in [0.25, 0.3) is 0 Å². The van der Waals surface area contributed by atoms with Crippen LogP contribution in [-0.2, 0) is 17.3 Å². The Balaban J connectivity index is 1.49. The molecule has 1 N–H and O–H groups in total. The Bertz CT molecular complexity index is 1240. The molecule has 2 heteroatoms. The Hall–Kier alpha value is -3.20. The summed E-state index contributed by atoms with van der Waals surface area (Å²) in [4.78, 5) is 2.63. The maximum Gasteiger partial charge on any atom is 0.0528 e. The second-order valence-corrected chi connectivity index (χ2v) is 11.3. The summed E-state index contributed by atoms with van der Waals surface area (Å²) in [5.74, 6) is 0. The second-order valence-electron chi connectivity index (χ2n) is 11.3. The predicted molar refractivity (Wildman–Crippen MR) is 163 cm³/mol. The van der Waals surface area contributed by atoms with Crippen LogP contribution in [0.4, 0.5) is 0 Å². The highest BCUT2D eigenvalue weighted by molar-refractivity contribution is 5.53. The van der Waals surface area contributed by atoms with Gasteiger partial charge in [0.2, 0.25) is 0 Å². The number of benzene rings is 4. The number of hydrogen-bond donors (Lipinski definition) is 1. The SMILES string of the molecule is CCCCc1ccccc1C(CCN1CCC(CO)(c2ccccc2)CC1)(c1ccccc1)c1ccccc1.